The Labute approximate surface area is 869 Å². The molecule has 3 aliphatic carbocycles. The van der Waals surface area contributed by atoms with Crippen LogP contribution in [0.4, 0.5) is 14.4 Å². The Morgan fingerprint density at radius 1 is 0.350 bits per heavy atom. The van der Waals surface area contributed by atoms with Gasteiger partial charge in [-0.2, -0.15) is 70.6 Å². The van der Waals surface area contributed by atoms with Gasteiger partial charge < -0.3 is 99.5 Å². The lowest BCUT2D eigenvalue weighted by Crippen LogP contribution is -2.45. The van der Waals surface area contributed by atoms with E-state index < -0.39 is 166 Å². The fourth-order valence-electron chi connectivity index (χ4n) is 10.3. The number of carboxylic acid groups (broad SMARTS) is 5. The van der Waals surface area contributed by atoms with E-state index in [-0.39, 0.29) is 118 Å². The Balaban J connectivity index is -0.00000186. The van der Waals surface area contributed by atoms with E-state index in [4.69, 9.17) is 50.8 Å². The second-order valence-electron chi connectivity index (χ2n) is 33.2. The fourth-order valence-corrected chi connectivity index (χ4v) is 26.5. The molecule has 3 fully saturated rings. The minimum Gasteiger partial charge on any atom is -0.481 e. The normalized spacial score (nSPS) is 17.9. The molecule has 137 heavy (non-hydrogen) atoms. The van der Waals surface area contributed by atoms with Crippen molar-refractivity contribution in [1.82, 2.24) is 42.5 Å². The molecule has 0 aromatic carbocycles. The van der Waals surface area contributed by atoms with Gasteiger partial charge in [0.25, 0.3) is 0 Å². The molecular weight excluding hydrogens is 2070 g/mol. The summed E-state index contributed by atoms with van der Waals surface area (Å²) in [6.07, 6.45) is 7.60. The van der Waals surface area contributed by atoms with E-state index in [0.29, 0.717) is 28.6 Å². The molecule has 0 saturated heterocycles. The molecule has 0 heterocycles. The standard InChI is InChI=1S/C31H52N4O9P2S4.C27H48N2O7S4.C11H20N2O6S2.C8H18N2S2.C7H12NO4P.CH4/c1-2-3-12-47-25-6-7-26(25)48-13-4-5-24(38)22(34-29(41)10-8-27(39)32-14-20(36)16-45)18-49-50-19-23(31(43)44)35-30(42)11-9-28(40)33-15-21(37)17-46;1-8-9-14-37-21-12-13-22(21)38-15-10-11-20(30)18(28-24(33)35-26(2,3)4)16-39-40-17-19(23(31)32)29-25(34)36-27(5,6)7;1-11(2,3)19-10(18)13-7(9(16)17)5-21-20-4-6(12)8(14)15;9-3-5-11-7-1-2-8(7)12-6-4-10;9-5(4-13)3-8-6(10)1-2-7(11)12;/h22-23,25-26H,2-19,45-46H2,1H3,(H,32,39)(H,33,40)(H,34,41)(H,35,42)(H,43,44);18-19,21-22H,8-17H2,1-7H3,(H,28,33)(H,29,34)(H,31,32);6-7H,4-5,12H2,1-3H3,(H,13,18)(H,14,15)(H,16,17);7-8H,1-6,9-10H2;1-4,13H2,(H,8,10)(H,11,12);1H4/i16T,17T;;;;4T;. The number of carbonyl (C=O) groups excluding carboxylic acids is 13. The number of ether oxygens (including phenoxy) is 3. The summed E-state index contributed by atoms with van der Waals surface area (Å²) in [7, 11) is 13.0. The first-order valence-corrected chi connectivity index (χ1v) is 60.1. The first-order valence-electron chi connectivity index (χ1n) is 46.1. The molecular formula is C85H154N11O26P3S12. The molecule has 0 bridgehead atoms. The lowest BCUT2D eigenvalue weighted by molar-refractivity contribution is -0.141. The molecule has 0 radical (unpaired) electrons. The van der Waals surface area contributed by atoms with Crippen molar-refractivity contribution in [3.05, 3.63) is 0 Å². The number of nitrogens with one attached hydrogen (secondary N) is 8. The topological polar surface area (TPSA) is 610 Å². The van der Waals surface area contributed by atoms with Gasteiger partial charge in [0.2, 0.25) is 29.5 Å². The van der Waals surface area contributed by atoms with Crippen LogP contribution in [0.1, 0.15) is 216 Å². The number of carbonyl (C=O) groups is 18. The number of amides is 8. The van der Waals surface area contributed by atoms with Crippen LogP contribution in [0.25, 0.3) is 0 Å². The van der Waals surface area contributed by atoms with Crippen LogP contribution in [0.2, 0.25) is 0 Å². The van der Waals surface area contributed by atoms with Gasteiger partial charge in [0, 0.05) is 158 Å². The molecule has 19 N–H and O–H groups in total. The first-order chi connectivity index (χ1) is 65.1. The molecule has 0 spiro atoms. The molecule has 3 saturated carbocycles. The minimum absolute atomic E-state index is 0. The molecule has 0 aliphatic heterocycles. The van der Waals surface area contributed by atoms with Crippen molar-refractivity contribution in [2.45, 2.75) is 297 Å². The Morgan fingerprint density at radius 3 is 0.847 bits per heavy atom. The Hall–Kier alpha value is -3.77. The predicted molar refractivity (Wildman–Crippen MR) is 578 cm³/mol. The number of ketones is 5. The number of thioether (sulfide) groups is 6. The highest BCUT2D eigenvalue weighted by molar-refractivity contribution is 8.77. The third-order valence-corrected chi connectivity index (χ3v) is 35.8. The molecule has 52 heteroatoms. The van der Waals surface area contributed by atoms with Crippen LogP contribution >= 0.6 is 163 Å². The number of hydrogen-bond acceptors (Lipinski definition) is 36. The third-order valence-electron chi connectivity index (χ3n) is 17.9. The zero-order chi connectivity index (χ0) is 106. The van der Waals surface area contributed by atoms with E-state index in [1.807, 2.05) is 86.5 Å². The first kappa shape index (κ1) is 131. The van der Waals surface area contributed by atoms with Crippen molar-refractivity contribution in [3.63, 3.8) is 0 Å². The smallest absolute Gasteiger partial charge is 0.408 e. The van der Waals surface area contributed by atoms with Gasteiger partial charge in [-0.3, -0.25) is 57.5 Å². The highest BCUT2D eigenvalue weighted by atomic mass is 33.1. The minimum atomic E-state index is -1.30. The van der Waals surface area contributed by atoms with E-state index >= 15 is 0 Å². The number of alkyl carbamates (subject to hydrolysis) is 3. The zero-order valence-corrected chi connectivity index (χ0v) is 92.8. The maximum Gasteiger partial charge on any atom is 0.408 e. The molecule has 18 atom stereocenters. The number of carboxylic acids is 5. The maximum atomic E-state index is 13.3. The molecule has 18 unspecified atom stereocenters. The van der Waals surface area contributed by atoms with E-state index in [9.17, 15) is 96.5 Å². The summed E-state index contributed by atoms with van der Waals surface area (Å²) in [5, 5.41) is 68.5. The number of nitrogens with two attached hydrogens (primary N) is 3. The van der Waals surface area contributed by atoms with Crippen LogP contribution in [0.15, 0.2) is 0 Å². The van der Waals surface area contributed by atoms with Gasteiger partial charge >= 0.3 is 48.1 Å². The number of aliphatic carboxylic acids is 5. The van der Waals surface area contributed by atoms with Gasteiger partial charge in [-0.15, -0.1) is 27.7 Å². The van der Waals surface area contributed by atoms with Gasteiger partial charge in [0.15, 0.2) is 28.9 Å². The maximum absolute atomic E-state index is 13.3. The van der Waals surface area contributed by atoms with E-state index in [2.05, 4.69) is 68.1 Å². The summed E-state index contributed by atoms with van der Waals surface area (Å²) in [4.78, 5) is 211. The number of Topliss-reactive ketones (excluding diaryl/α,β-unsaturated/α-hetero) is 5. The van der Waals surface area contributed by atoms with Crippen molar-refractivity contribution < 1.29 is 130 Å². The highest BCUT2D eigenvalue weighted by Crippen LogP contribution is 2.43. The Bertz CT molecular complexity index is 3750. The average Bonchev–Trinajstić information content (AvgIpc) is 0.861. The van der Waals surface area contributed by atoms with Gasteiger partial charge in [-0.05, 0) is 150 Å². The summed E-state index contributed by atoms with van der Waals surface area (Å²) in [6, 6.07) is -6.26. The number of rotatable bonds is 68. The van der Waals surface area contributed by atoms with Crippen LogP contribution in [0.5, 0.6) is 0 Å². The fraction of sp³-hybridized carbons (Fsp3) is 0.788. The molecule has 792 valence electrons. The number of unbranched alkanes of at least 4 members (excludes halogenated alkanes) is 2. The Kier molecular flexibility index (Phi) is 78.0. The molecule has 8 amide bonds. The van der Waals surface area contributed by atoms with E-state index in [0.717, 1.165) is 107 Å². The van der Waals surface area contributed by atoms with E-state index in [1.165, 1.54) is 91.5 Å². The van der Waals surface area contributed by atoms with Crippen molar-refractivity contribution >= 4 is 270 Å². The molecule has 0 aromatic rings. The van der Waals surface area contributed by atoms with E-state index in [1.54, 1.807) is 62.3 Å². The monoisotopic (exact) mass is 2230 g/mol. The third kappa shape index (κ3) is 76.5. The van der Waals surface area contributed by atoms with Crippen LogP contribution < -0.4 is 59.7 Å². The lowest BCUT2D eigenvalue weighted by Gasteiger charge is -2.35. The predicted octanol–water partition coefficient (Wildman–Crippen LogP) is 10.3. The second kappa shape index (κ2) is 81.4. The summed E-state index contributed by atoms with van der Waals surface area (Å²) in [5.74, 6) is -3.60. The lowest BCUT2D eigenvalue weighted by atomic mass is 9.99. The summed E-state index contributed by atoms with van der Waals surface area (Å²) in [5.41, 5.74) is 14.0. The quantitative estimate of drug-likeness (QED) is 0.0116. The largest absolute Gasteiger partial charge is 0.481 e. The summed E-state index contributed by atoms with van der Waals surface area (Å²) in [6.45, 7) is 20.5. The molecule has 37 nitrogen and oxygen atoms in total. The van der Waals surface area contributed by atoms with Gasteiger partial charge in [-0.25, -0.2) is 28.8 Å². The molecule has 3 rings (SSSR count). The number of hydrogen-bond donors (Lipinski definition) is 16. The SMILES string of the molecule is C.CC(C)(C)OC(=O)NC(CSSCC(N)C(=O)O)C(=O)O.CCCCSC1CCC1SCCCC(=O)C(CSSCC(NC(=O)OC(C)(C)C)C(=O)O)NC(=O)OC(C)(C)C.NCCSC1CCC1SCCN.[3H]C(P)C(=O)CNC(=O)CCC(=O)NC(CSSCC(NC(=O)CCC(=O)NCC(=O)C([3H])P)C(=O)CCCSC1CCC1SCCCC)C(=O)O.[3H]C(P)C(=O)CNC(=O)CCC(=O)O. The second-order valence-corrected chi connectivity index (χ2v) is 50.0. The Morgan fingerprint density at radius 2 is 0.591 bits per heavy atom. The van der Waals surface area contributed by atoms with Gasteiger partial charge in [0.05, 0.1) is 32.1 Å². The van der Waals surface area contributed by atoms with Gasteiger partial charge in [-0.1, -0.05) is 98.9 Å². The molecule has 3 aliphatic rings. The molecule has 0 aromatic heterocycles. The average molecular weight is 2230 g/mol. The summed E-state index contributed by atoms with van der Waals surface area (Å²) < 4.78 is 37.0. The van der Waals surface area contributed by atoms with Crippen molar-refractivity contribution in [3.8, 4) is 0 Å². The van der Waals surface area contributed by atoms with Crippen LogP contribution in [0, 0.1) is 0 Å². The van der Waals surface area contributed by atoms with Gasteiger partial charge in [0.1, 0.15) is 47.0 Å². The zero-order valence-electron chi connectivity index (χ0n) is 82.5. The van der Waals surface area contributed by atoms with Crippen molar-refractivity contribution in [1.29, 1.82) is 0 Å². The highest BCUT2D eigenvalue weighted by Gasteiger charge is 2.36. The van der Waals surface area contributed by atoms with Crippen LogP contribution in [-0.4, -0.2) is 337 Å². The van der Waals surface area contributed by atoms with Crippen molar-refractivity contribution in [2.24, 2.45) is 17.2 Å². The van der Waals surface area contributed by atoms with Crippen LogP contribution in [-0.2, 0) is 86.1 Å². The van der Waals surface area contributed by atoms with Crippen LogP contribution in [0.3, 0.4) is 0 Å². The summed E-state index contributed by atoms with van der Waals surface area (Å²) >= 11 is 12.0. The van der Waals surface area contributed by atoms with Crippen molar-refractivity contribution in [2.75, 3.05) is 120 Å².